The van der Waals surface area contributed by atoms with Crippen LogP contribution in [-0.4, -0.2) is 29.3 Å². The number of hydrogen-bond donors (Lipinski definition) is 2. The molecule has 0 bridgehead atoms. The standard InChI is InChI=1S/C22H18N2O4/c1-3-28-22(27)20-17(13-8-10-14(11-9-13)23-12(2)25)18-19(24-20)15-6-4-5-7-16(15)21(18)26/h4-11,24H,3H2,1-2H3,(H,23,25). The zero-order valence-electron chi connectivity index (χ0n) is 15.5. The van der Waals surface area contributed by atoms with Gasteiger partial charge in [-0.2, -0.15) is 0 Å². The van der Waals surface area contributed by atoms with Crippen LogP contribution >= 0.6 is 0 Å². The molecule has 0 saturated heterocycles. The lowest BCUT2D eigenvalue weighted by molar-refractivity contribution is -0.114. The molecule has 0 spiro atoms. The van der Waals surface area contributed by atoms with Crippen LogP contribution in [0.2, 0.25) is 0 Å². The average Bonchev–Trinajstić information content (AvgIpc) is 3.19. The number of fused-ring (bicyclic) bond motifs is 3. The summed E-state index contributed by atoms with van der Waals surface area (Å²) in [5, 5.41) is 2.70. The van der Waals surface area contributed by atoms with Crippen molar-refractivity contribution in [1.82, 2.24) is 4.98 Å². The minimum Gasteiger partial charge on any atom is -0.461 e. The molecule has 0 aliphatic heterocycles. The topological polar surface area (TPSA) is 88.3 Å². The van der Waals surface area contributed by atoms with Gasteiger partial charge in [-0.25, -0.2) is 4.79 Å². The molecule has 0 fully saturated rings. The van der Waals surface area contributed by atoms with Crippen LogP contribution in [-0.2, 0) is 9.53 Å². The number of carbonyl (C=O) groups is 3. The lowest BCUT2D eigenvalue weighted by Crippen LogP contribution is -2.08. The van der Waals surface area contributed by atoms with E-state index in [0.717, 1.165) is 5.56 Å². The third-order valence-electron chi connectivity index (χ3n) is 4.64. The molecule has 4 rings (SSSR count). The van der Waals surface area contributed by atoms with Gasteiger partial charge in [0.2, 0.25) is 5.91 Å². The van der Waals surface area contributed by atoms with Gasteiger partial charge in [0.05, 0.1) is 17.9 Å². The Balaban J connectivity index is 1.89. The van der Waals surface area contributed by atoms with Gasteiger partial charge in [0.15, 0.2) is 5.78 Å². The number of rotatable bonds is 4. The Morgan fingerprint density at radius 2 is 1.68 bits per heavy atom. The Hall–Kier alpha value is -3.67. The first-order chi connectivity index (χ1) is 13.5. The summed E-state index contributed by atoms with van der Waals surface area (Å²) in [6.07, 6.45) is 0. The van der Waals surface area contributed by atoms with Crippen molar-refractivity contribution in [2.45, 2.75) is 13.8 Å². The van der Waals surface area contributed by atoms with E-state index in [9.17, 15) is 14.4 Å². The van der Waals surface area contributed by atoms with Gasteiger partial charge >= 0.3 is 5.97 Å². The first-order valence-electron chi connectivity index (χ1n) is 8.96. The highest BCUT2D eigenvalue weighted by atomic mass is 16.5. The van der Waals surface area contributed by atoms with Gasteiger partial charge in [-0.15, -0.1) is 0 Å². The van der Waals surface area contributed by atoms with Crippen LogP contribution in [0.15, 0.2) is 48.5 Å². The molecule has 1 aliphatic rings. The number of ketones is 1. The third-order valence-corrected chi connectivity index (χ3v) is 4.64. The highest BCUT2D eigenvalue weighted by molar-refractivity contribution is 6.26. The summed E-state index contributed by atoms with van der Waals surface area (Å²) in [4.78, 5) is 40.0. The van der Waals surface area contributed by atoms with Crippen molar-refractivity contribution in [3.8, 4) is 22.4 Å². The molecule has 1 aromatic heterocycles. The predicted molar refractivity (Wildman–Crippen MR) is 105 cm³/mol. The first-order valence-corrected chi connectivity index (χ1v) is 8.96. The molecule has 2 N–H and O–H groups in total. The van der Waals surface area contributed by atoms with Crippen molar-refractivity contribution in [1.29, 1.82) is 0 Å². The van der Waals surface area contributed by atoms with Gasteiger partial charge in [0.25, 0.3) is 0 Å². The lowest BCUT2D eigenvalue weighted by atomic mass is 9.98. The number of amides is 1. The van der Waals surface area contributed by atoms with E-state index in [1.54, 1.807) is 37.3 Å². The summed E-state index contributed by atoms with van der Waals surface area (Å²) >= 11 is 0. The molecule has 3 aromatic rings. The maximum absolute atomic E-state index is 13.1. The van der Waals surface area contributed by atoms with E-state index in [4.69, 9.17) is 4.74 Å². The number of carbonyl (C=O) groups excluding carboxylic acids is 3. The van der Waals surface area contributed by atoms with E-state index in [1.807, 2.05) is 18.2 Å². The first kappa shape index (κ1) is 17.7. The monoisotopic (exact) mass is 374 g/mol. The molecule has 0 radical (unpaired) electrons. The van der Waals surface area contributed by atoms with Crippen LogP contribution in [0.4, 0.5) is 5.69 Å². The van der Waals surface area contributed by atoms with Gasteiger partial charge in [-0.3, -0.25) is 9.59 Å². The zero-order chi connectivity index (χ0) is 19.8. The Morgan fingerprint density at radius 3 is 2.32 bits per heavy atom. The predicted octanol–water partition coefficient (Wildman–Crippen LogP) is 4.03. The van der Waals surface area contributed by atoms with Crippen molar-refractivity contribution in [3.63, 3.8) is 0 Å². The number of nitrogens with one attached hydrogen (secondary N) is 2. The summed E-state index contributed by atoms with van der Waals surface area (Å²) in [5.74, 6) is -0.811. The molecular weight excluding hydrogens is 356 g/mol. The van der Waals surface area contributed by atoms with Crippen LogP contribution in [0, 0.1) is 0 Å². The number of esters is 1. The Kier molecular flexibility index (Phi) is 4.31. The fourth-order valence-electron chi connectivity index (χ4n) is 3.53. The molecule has 6 nitrogen and oxygen atoms in total. The van der Waals surface area contributed by atoms with Crippen molar-refractivity contribution < 1.29 is 19.1 Å². The molecule has 28 heavy (non-hydrogen) atoms. The maximum Gasteiger partial charge on any atom is 0.355 e. The second-order valence-electron chi connectivity index (χ2n) is 6.48. The summed E-state index contributed by atoms with van der Waals surface area (Å²) in [7, 11) is 0. The van der Waals surface area contributed by atoms with Crippen LogP contribution in [0.1, 0.15) is 40.3 Å². The number of hydrogen-bond acceptors (Lipinski definition) is 4. The van der Waals surface area contributed by atoms with E-state index in [1.165, 1.54) is 6.92 Å². The average molecular weight is 374 g/mol. The summed E-state index contributed by atoms with van der Waals surface area (Å²) in [5.41, 5.74) is 4.57. The second-order valence-corrected chi connectivity index (χ2v) is 6.48. The van der Waals surface area contributed by atoms with Gasteiger partial charge in [-0.1, -0.05) is 36.4 Å². The minimum atomic E-state index is -0.511. The molecule has 140 valence electrons. The molecule has 6 heteroatoms. The molecule has 1 amide bonds. The molecule has 0 atom stereocenters. The minimum absolute atomic E-state index is 0.127. The molecule has 2 aromatic carbocycles. The molecular formula is C22H18N2O4. The Labute approximate surface area is 161 Å². The van der Waals surface area contributed by atoms with Crippen molar-refractivity contribution >= 4 is 23.3 Å². The largest absolute Gasteiger partial charge is 0.461 e. The normalized spacial score (nSPS) is 11.7. The second kappa shape index (κ2) is 6.81. The smallest absolute Gasteiger partial charge is 0.355 e. The van der Waals surface area contributed by atoms with E-state index < -0.39 is 5.97 Å². The van der Waals surface area contributed by atoms with Crippen molar-refractivity contribution in [2.75, 3.05) is 11.9 Å². The summed E-state index contributed by atoms with van der Waals surface area (Å²) in [6.45, 7) is 3.40. The highest BCUT2D eigenvalue weighted by Crippen LogP contribution is 2.43. The van der Waals surface area contributed by atoms with Crippen LogP contribution < -0.4 is 5.32 Å². The maximum atomic E-state index is 13.1. The van der Waals surface area contributed by atoms with Crippen molar-refractivity contribution in [3.05, 3.63) is 65.4 Å². The number of aromatic amines is 1. The Bertz CT molecular complexity index is 1110. The van der Waals surface area contributed by atoms with E-state index >= 15 is 0 Å². The number of ether oxygens (including phenoxy) is 1. The Morgan fingerprint density at radius 1 is 1.00 bits per heavy atom. The fourth-order valence-corrected chi connectivity index (χ4v) is 3.53. The molecule has 1 heterocycles. The van der Waals surface area contributed by atoms with E-state index in [2.05, 4.69) is 10.3 Å². The van der Waals surface area contributed by atoms with Gasteiger partial charge < -0.3 is 15.0 Å². The number of H-pyrrole nitrogens is 1. The van der Waals surface area contributed by atoms with Crippen LogP contribution in [0.3, 0.4) is 0 Å². The van der Waals surface area contributed by atoms with Crippen molar-refractivity contribution in [2.24, 2.45) is 0 Å². The number of benzene rings is 2. The molecule has 1 aliphatic carbocycles. The zero-order valence-corrected chi connectivity index (χ0v) is 15.5. The third kappa shape index (κ3) is 2.79. The summed E-state index contributed by atoms with van der Waals surface area (Å²) in [6, 6.07) is 14.3. The van der Waals surface area contributed by atoms with Crippen LogP contribution in [0.25, 0.3) is 22.4 Å². The quantitative estimate of drug-likeness (QED) is 0.528. The van der Waals surface area contributed by atoms with E-state index in [0.29, 0.717) is 33.6 Å². The summed E-state index contributed by atoms with van der Waals surface area (Å²) < 4.78 is 5.19. The lowest BCUT2D eigenvalue weighted by Gasteiger charge is -2.08. The van der Waals surface area contributed by atoms with E-state index in [-0.39, 0.29) is 24.0 Å². The highest BCUT2D eigenvalue weighted by Gasteiger charge is 2.35. The van der Waals surface area contributed by atoms with Gasteiger partial charge in [-0.05, 0) is 24.6 Å². The molecule has 0 saturated carbocycles. The van der Waals surface area contributed by atoms with Gasteiger partial charge in [0.1, 0.15) is 5.69 Å². The number of anilines is 1. The van der Waals surface area contributed by atoms with Crippen LogP contribution in [0.5, 0.6) is 0 Å². The fraction of sp³-hybridized carbons (Fsp3) is 0.136. The molecule has 0 unspecified atom stereocenters. The SMILES string of the molecule is CCOC(=O)c1[nH]c2c(c1-c1ccc(NC(C)=O)cc1)C(=O)c1ccccc1-2. The van der Waals surface area contributed by atoms with Gasteiger partial charge in [0, 0.05) is 29.3 Å². The number of aromatic nitrogens is 1.